The van der Waals surface area contributed by atoms with E-state index in [1.165, 1.54) is 0 Å². The summed E-state index contributed by atoms with van der Waals surface area (Å²) in [5.74, 6) is 0. The monoisotopic (exact) mass is 284 g/mol. The molecule has 1 aliphatic heterocycles. The molecule has 1 aromatic carbocycles. The molecule has 1 fully saturated rings. The van der Waals surface area contributed by atoms with Gasteiger partial charge in [-0.15, -0.1) is 0 Å². The van der Waals surface area contributed by atoms with Crippen LogP contribution in [0.1, 0.15) is 16.7 Å². The van der Waals surface area contributed by atoms with Gasteiger partial charge in [-0.3, -0.25) is 4.79 Å². The quantitative estimate of drug-likeness (QED) is 0.513. The number of aldehydes is 1. The summed E-state index contributed by atoms with van der Waals surface area (Å²) in [6.45, 7) is 8.30. The zero-order valence-electron chi connectivity index (χ0n) is 12.3. The number of morpholine rings is 1. The van der Waals surface area contributed by atoms with Crippen molar-refractivity contribution in [3.8, 4) is 0 Å². The summed E-state index contributed by atoms with van der Waals surface area (Å²) in [7, 11) is 0. The Balaban J connectivity index is 2.27. The maximum atomic E-state index is 11.3. The number of hydrogen-bond donors (Lipinski definition) is 1. The lowest BCUT2D eigenvalue weighted by Crippen LogP contribution is -2.36. The maximum Gasteiger partial charge on any atom is 0.166 e. The van der Waals surface area contributed by atoms with Gasteiger partial charge in [0, 0.05) is 18.7 Å². The van der Waals surface area contributed by atoms with Crippen LogP contribution in [0.5, 0.6) is 0 Å². The van der Waals surface area contributed by atoms with Gasteiger partial charge in [-0.25, -0.2) is 0 Å². The lowest BCUT2D eigenvalue weighted by molar-refractivity contribution is -0.106. The van der Waals surface area contributed by atoms with Crippen LogP contribution >= 0.6 is 0 Å². The number of carbonyl (C=O) groups excluding carboxylic acids is 1. The van der Waals surface area contributed by atoms with Gasteiger partial charge in [-0.2, -0.15) is 0 Å². The summed E-state index contributed by atoms with van der Waals surface area (Å²) in [6.07, 6.45) is 4.20. The molecule has 0 saturated carbocycles. The highest BCUT2D eigenvalue weighted by Crippen LogP contribution is 2.15. The standard InChI is InChI=1S/C17H20N2O2/c1-3-14-5-4-13(2)16(10-14)17(18)11-15(12-20)19-6-8-21-9-7-19/h3-5,10-12,18H,1,6-9H2,2H3/b15-11+,18-17?. The molecule has 4 heteroatoms. The molecule has 0 aliphatic carbocycles. The van der Waals surface area contributed by atoms with Crippen molar-refractivity contribution >= 4 is 18.1 Å². The third kappa shape index (κ3) is 3.67. The minimum absolute atomic E-state index is 0.338. The van der Waals surface area contributed by atoms with E-state index in [0.29, 0.717) is 37.7 Å². The lowest BCUT2D eigenvalue weighted by atomic mass is 10.00. The third-order valence-corrected chi connectivity index (χ3v) is 3.58. The third-order valence-electron chi connectivity index (χ3n) is 3.58. The van der Waals surface area contributed by atoms with E-state index in [2.05, 4.69) is 6.58 Å². The summed E-state index contributed by atoms with van der Waals surface area (Å²) in [5, 5.41) is 8.27. The predicted molar refractivity (Wildman–Crippen MR) is 84.6 cm³/mol. The molecule has 1 aliphatic rings. The van der Waals surface area contributed by atoms with E-state index in [-0.39, 0.29) is 0 Å². The maximum absolute atomic E-state index is 11.3. The van der Waals surface area contributed by atoms with E-state index in [0.717, 1.165) is 23.0 Å². The van der Waals surface area contributed by atoms with Crippen LogP contribution in [0.15, 0.2) is 36.6 Å². The highest BCUT2D eigenvalue weighted by atomic mass is 16.5. The van der Waals surface area contributed by atoms with Gasteiger partial charge in [-0.05, 0) is 30.2 Å². The number of carbonyl (C=O) groups is 1. The molecule has 0 spiro atoms. The first-order valence-corrected chi connectivity index (χ1v) is 6.97. The Labute approximate surface area is 125 Å². The van der Waals surface area contributed by atoms with E-state index in [1.54, 1.807) is 12.2 Å². The molecule has 4 nitrogen and oxygen atoms in total. The van der Waals surface area contributed by atoms with Gasteiger partial charge in [0.05, 0.1) is 24.6 Å². The van der Waals surface area contributed by atoms with E-state index >= 15 is 0 Å². The fourth-order valence-electron chi connectivity index (χ4n) is 2.30. The first kappa shape index (κ1) is 15.2. The van der Waals surface area contributed by atoms with Gasteiger partial charge in [0.2, 0.25) is 0 Å². The number of aryl methyl sites for hydroxylation is 1. The molecule has 0 amide bonds. The predicted octanol–water partition coefficient (Wildman–Crippen LogP) is 2.42. The average molecular weight is 284 g/mol. The molecule has 2 rings (SSSR count). The molecule has 110 valence electrons. The zero-order valence-corrected chi connectivity index (χ0v) is 12.3. The fourth-order valence-corrected chi connectivity index (χ4v) is 2.30. The minimum Gasteiger partial charge on any atom is -0.378 e. The van der Waals surface area contributed by atoms with Crippen molar-refractivity contribution in [2.45, 2.75) is 6.92 Å². The number of nitrogens with zero attached hydrogens (tertiary/aromatic N) is 1. The van der Waals surface area contributed by atoms with Crippen LogP contribution in [0.4, 0.5) is 0 Å². The Morgan fingerprint density at radius 1 is 1.38 bits per heavy atom. The number of nitrogens with one attached hydrogen (secondary N) is 1. The van der Waals surface area contributed by atoms with Crippen LogP contribution < -0.4 is 0 Å². The number of benzene rings is 1. The largest absolute Gasteiger partial charge is 0.378 e. The van der Waals surface area contributed by atoms with Gasteiger partial charge in [-0.1, -0.05) is 24.8 Å². The van der Waals surface area contributed by atoms with Crippen LogP contribution in [0.2, 0.25) is 0 Å². The van der Waals surface area contributed by atoms with Crippen molar-refractivity contribution in [2.24, 2.45) is 0 Å². The second kappa shape index (κ2) is 6.99. The van der Waals surface area contributed by atoms with Crippen molar-refractivity contribution in [1.29, 1.82) is 5.41 Å². The van der Waals surface area contributed by atoms with Gasteiger partial charge in [0.15, 0.2) is 6.29 Å². The average Bonchev–Trinajstić information content (AvgIpc) is 2.53. The molecule has 1 aromatic rings. The number of allylic oxidation sites excluding steroid dienone is 2. The van der Waals surface area contributed by atoms with Crippen LogP contribution in [-0.2, 0) is 9.53 Å². The summed E-state index contributed by atoms with van der Waals surface area (Å²) >= 11 is 0. The van der Waals surface area contributed by atoms with E-state index in [9.17, 15) is 4.79 Å². The Bertz CT molecular complexity index is 584. The van der Waals surface area contributed by atoms with Crippen molar-refractivity contribution in [3.05, 3.63) is 53.2 Å². The smallest absolute Gasteiger partial charge is 0.166 e. The Morgan fingerprint density at radius 3 is 2.71 bits per heavy atom. The number of rotatable bonds is 5. The Kier molecular flexibility index (Phi) is 5.06. The van der Waals surface area contributed by atoms with Crippen LogP contribution in [0.3, 0.4) is 0 Å². The first-order valence-electron chi connectivity index (χ1n) is 6.97. The van der Waals surface area contributed by atoms with Crippen molar-refractivity contribution < 1.29 is 9.53 Å². The molecular formula is C17H20N2O2. The minimum atomic E-state index is 0.338. The topological polar surface area (TPSA) is 53.4 Å². The summed E-state index contributed by atoms with van der Waals surface area (Å²) in [4.78, 5) is 13.3. The second-order valence-corrected chi connectivity index (χ2v) is 4.98. The van der Waals surface area contributed by atoms with Crippen LogP contribution in [0.25, 0.3) is 6.08 Å². The fraction of sp³-hybridized carbons (Fsp3) is 0.294. The van der Waals surface area contributed by atoms with Crippen molar-refractivity contribution in [3.63, 3.8) is 0 Å². The van der Waals surface area contributed by atoms with Crippen LogP contribution in [0, 0.1) is 12.3 Å². The molecule has 0 radical (unpaired) electrons. The number of ether oxygens (including phenoxy) is 1. The Morgan fingerprint density at radius 2 is 2.10 bits per heavy atom. The number of hydrogen-bond acceptors (Lipinski definition) is 4. The molecule has 1 heterocycles. The second-order valence-electron chi connectivity index (χ2n) is 4.98. The van der Waals surface area contributed by atoms with Crippen molar-refractivity contribution in [2.75, 3.05) is 26.3 Å². The first-order chi connectivity index (χ1) is 10.2. The van der Waals surface area contributed by atoms with Crippen LogP contribution in [-0.4, -0.2) is 43.2 Å². The Hall–Kier alpha value is -2.20. The molecule has 21 heavy (non-hydrogen) atoms. The van der Waals surface area contributed by atoms with Gasteiger partial charge >= 0.3 is 0 Å². The molecular weight excluding hydrogens is 264 g/mol. The zero-order chi connectivity index (χ0) is 15.2. The van der Waals surface area contributed by atoms with E-state index in [4.69, 9.17) is 10.1 Å². The van der Waals surface area contributed by atoms with E-state index < -0.39 is 0 Å². The summed E-state index contributed by atoms with van der Waals surface area (Å²) in [5.41, 5.74) is 3.67. The van der Waals surface area contributed by atoms with E-state index in [1.807, 2.05) is 30.0 Å². The molecule has 1 N–H and O–H groups in total. The van der Waals surface area contributed by atoms with Gasteiger partial charge < -0.3 is 15.0 Å². The van der Waals surface area contributed by atoms with Gasteiger partial charge in [0.25, 0.3) is 0 Å². The SMILES string of the molecule is C=Cc1ccc(C)c(C(=N)/C=C(\C=O)N2CCOCC2)c1. The summed E-state index contributed by atoms with van der Waals surface area (Å²) in [6, 6.07) is 5.85. The van der Waals surface area contributed by atoms with Gasteiger partial charge in [0.1, 0.15) is 0 Å². The molecule has 0 atom stereocenters. The lowest BCUT2D eigenvalue weighted by Gasteiger charge is -2.28. The van der Waals surface area contributed by atoms with Crippen molar-refractivity contribution in [1.82, 2.24) is 4.90 Å². The highest BCUT2D eigenvalue weighted by molar-refractivity contribution is 6.09. The molecule has 0 unspecified atom stereocenters. The normalized spacial score (nSPS) is 15.7. The molecule has 1 saturated heterocycles. The molecule has 0 bridgehead atoms. The summed E-state index contributed by atoms with van der Waals surface area (Å²) < 4.78 is 5.28. The molecule has 0 aromatic heterocycles. The highest BCUT2D eigenvalue weighted by Gasteiger charge is 2.14.